The lowest BCUT2D eigenvalue weighted by Gasteiger charge is -2.05. The van der Waals surface area contributed by atoms with Gasteiger partial charge >= 0.3 is 0 Å². The van der Waals surface area contributed by atoms with Crippen LogP contribution in [-0.2, 0) is 28.9 Å². The third kappa shape index (κ3) is 9.76. The molecule has 0 fully saturated rings. The first-order valence-electron chi connectivity index (χ1n) is 11.2. The number of amides is 2. The SMILES string of the molecule is N/C(=C\C=C(/N)NC(=O)Cc1ccccc1)CCCCc1nnc(NC(=O)Cc2cccnc2)s1. The number of carbonyl (C=O) groups excluding carboxylic acids is 2. The zero-order valence-electron chi connectivity index (χ0n) is 19.3. The van der Waals surface area contributed by atoms with Crippen LogP contribution in [0.15, 0.2) is 78.5 Å². The third-order valence-corrected chi connectivity index (χ3v) is 5.77. The van der Waals surface area contributed by atoms with Crippen LogP contribution in [-0.4, -0.2) is 27.0 Å². The first-order valence-corrected chi connectivity index (χ1v) is 12.1. The zero-order valence-corrected chi connectivity index (χ0v) is 20.1. The number of benzene rings is 1. The summed E-state index contributed by atoms with van der Waals surface area (Å²) in [5.41, 5.74) is 14.3. The van der Waals surface area contributed by atoms with Crippen molar-refractivity contribution >= 4 is 28.3 Å². The summed E-state index contributed by atoms with van der Waals surface area (Å²) >= 11 is 1.37. The number of aryl methyl sites for hydroxylation is 1. The highest BCUT2D eigenvalue weighted by Gasteiger charge is 2.09. The molecule has 0 aliphatic heterocycles. The maximum Gasteiger partial charge on any atom is 0.230 e. The van der Waals surface area contributed by atoms with Crippen molar-refractivity contribution in [1.82, 2.24) is 20.5 Å². The molecule has 2 aromatic heterocycles. The third-order valence-electron chi connectivity index (χ3n) is 4.87. The molecule has 1 aromatic carbocycles. The van der Waals surface area contributed by atoms with Crippen LogP contribution in [0.4, 0.5) is 5.13 Å². The van der Waals surface area contributed by atoms with Gasteiger partial charge in [-0.2, -0.15) is 0 Å². The molecule has 3 rings (SSSR count). The van der Waals surface area contributed by atoms with Gasteiger partial charge in [-0.3, -0.25) is 14.6 Å². The lowest BCUT2D eigenvalue weighted by Crippen LogP contribution is -2.28. The molecule has 0 aliphatic carbocycles. The van der Waals surface area contributed by atoms with Crippen molar-refractivity contribution in [3.05, 3.63) is 94.7 Å². The van der Waals surface area contributed by atoms with E-state index in [0.29, 0.717) is 17.2 Å². The Bertz CT molecular complexity index is 1160. The predicted molar refractivity (Wildman–Crippen MR) is 137 cm³/mol. The molecule has 9 nitrogen and oxygen atoms in total. The number of anilines is 1. The van der Waals surface area contributed by atoms with Crippen LogP contribution in [0.5, 0.6) is 0 Å². The molecule has 2 heterocycles. The Kier molecular flexibility index (Phi) is 9.94. The molecule has 35 heavy (non-hydrogen) atoms. The van der Waals surface area contributed by atoms with Gasteiger partial charge < -0.3 is 22.1 Å². The maximum absolute atomic E-state index is 12.1. The van der Waals surface area contributed by atoms with E-state index >= 15 is 0 Å². The van der Waals surface area contributed by atoms with Crippen molar-refractivity contribution in [2.45, 2.75) is 38.5 Å². The van der Waals surface area contributed by atoms with Crippen molar-refractivity contribution < 1.29 is 9.59 Å². The molecule has 0 aliphatic rings. The van der Waals surface area contributed by atoms with E-state index in [0.717, 1.165) is 35.4 Å². The summed E-state index contributed by atoms with van der Waals surface area (Å²) in [5.74, 6) is -0.0790. The van der Waals surface area contributed by atoms with Gasteiger partial charge in [-0.15, -0.1) is 10.2 Å². The van der Waals surface area contributed by atoms with Gasteiger partial charge in [0, 0.05) is 24.5 Å². The van der Waals surface area contributed by atoms with E-state index in [2.05, 4.69) is 25.8 Å². The molecule has 0 spiro atoms. The van der Waals surface area contributed by atoms with E-state index in [9.17, 15) is 9.59 Å². The Morgan fingerprint density at radius 3 is 2.46 bits per heavy atom. The standard InChI is InChI=1S/C25H29N7O2S/c26-20(12-13-21(27)29-22(33)15-18-7-2-1-3-8-18)10-4-5-11-24-31-32-25(35-24)30-23(34)16-19-9-6-14-28-17-19/h1-3,6-9,12-14,17H,4-5,10-11,15-16,26-27H2,(H,29,33)(H,30,32,34)/b20-12-,21-13+. The minimum absolute atomic E-state index is 0.151. The summed E-state index contributed by atoms with van der Waals surface area (Å²) in [6, 6.07) is 13.1. The lowest BCUT2D eigenvalue weighted by molar-refractivity contribution is -0.119. The molecular weight excluding hydrogens is 462 g/mol. The number of hydrogen-bond acceptors (Lipinski definition) is 8. The largest absolute Gasteiger partial charge is 0.402 e. The van der Waals surface area contributed by atoms with Crippen molar-refractivity contribution in [2.24, 2.45) is 11.5 Å². The highest BCUT2D eigenvalue weighted by molar-refractivity contribution is 7.15. The number of allylic oxidation sites excluding steroid dienone is 3. The van der Waals surface area contributed by atoms with Gasteiger partial charge in [0.15, 0.2) is 0 Å². The van der Waals surface area contributed by atoms with Crippen molar-refractivity contribution in [2.75, 3.05) is 5.32 Å². The summed E-state index contributed by atoms with van der Waals surface area (Å²) in [7, 11) is 0. The Balaban J connectivity index is 1.33. The maximum atomic E-state index is 12.1. The minimum atomic E-state index is -0.179. The quantitative estimate of drug-likeness (QED) is 0.225. The van der Waals surface area contributed by atoms with Crippen LogP contribution in [0.1, 0.15) is 35.4 Å². The second-order valence-corrected chi connectivity index (χ2v) is 8.93. The van der Waals surface area contributed by atoms with E-state index in [-0.39, 0.29) is 30.5 Å². The summed E-state index contributed by atoms with van der Waals surface area (Å²) in [6.45, 7) is 0. The molecule has 2 amide bonds. The molecule has 3 aromatic rings. The Hall–Kier alpha value is -4.05. The van der Waals surface area contributed by atoms with Crippen molar-refractivity contribution in [1.29, 1.82) is 0 Å². The molecule has 0 saturated heterocycles. The van der Waals surface area contributed by atoms with E-state index in [1.807, 2.05) is 36.4 Å². The van der Waals surface area contributed by atoms with Crippen LogP contribution in [0, 0.1) is 0 Å². The van der Waals surface area contributed by atoms with E-state index in [1.165, 1.54) is 11.3 Å². The van der Waals surface area contributed by atoms with Gasteiger partial charge in [-0.25, -0.2) is 0 Å². The summed E-state index contributed by atoms with van der Waals surface area (Å²) in [4.78, 5) is 28.2. The number of nitrogens with one attached hydrogen (secondary N) is 2. The Labute approximate surface area is 208 Å². The topological polar surface area (TPSA) is 149 Å². The second kappa shape index (κ2) is 13.6. The number of rotatable bonds is 12. The number of nitrogens with two attached hydrogens (primary N) is 2. The van der Waals surface area contributed by atoms with E-state index in [4.69, 9.17) is 11.5 Å². The first kappa shape index (κ1) is 25.6. The van der Waals surface area contributed by atoms with Crippen LogP contribution >= 0.6 is 11.3 Å². The highest BCUT2D eigenvalue weighted by Crippen LogP contribution is 2.18. The lowest BCUT2D eigenvalue weighted by atomic mass is 10.1. The van der Waals surface area contributed by atoms with Crippen molar-refractivity contribution in [3.63, 3.8) is 0 Å². The van der Waals surface area contributed by atoms with Gasteiger partial charge in [0.05, 0.1) is 12.8 Å². The van der Waals surface area contributed by atoms with Gasteiger partial charge in [-0.05, 0) is 48.6 Å². The number of unbranched alkanes of at least 4 members (excludes halogenated alkanes) is 1. The van der Waals surface area contributed by atoms with Crippen molar-refractivity contribution in [3.8, 4) is 0 Å². The van der Waals surface area contributed by atoms with Gasteiger partial charge in [0.1, 0.15) is 10.8 Å². The molecule has 0 atom stereocenters. The number of aromatic nitrogens is 3. The summed E-state index contributed by atoms with van der Waals surface area (Å²) in [5, 5.41) is 15.0. The number of nitrogens with zero attached hydrogens (tertiary/aromatic N) is 3. The number of hydrogen-bond donors (Lipinski definition) is 4. The van der Waals surface area contributed by atoms with E-state index in [1.54, 1.807) is 30.6 Å². The molecular formula is C25H29N7O2S. The molecule has 0 unspecified atom stereocenters. The monoisotopic (exact) mass is 491 g/mol. The number of carbonyl (C=O) groups is 2. The smallest absolute Gasteiger partial charge is 0.230 e. The van der Waals surface area contributed by atoms with Crippen LogP contribution in [0.2, 0.25) is 0 Å². The molecule has 6 N–H and O–H groups in total. The summed E-state index contributed by atoms with van der Waals surface area (Å²) in [6.07, 6.45) is 10.3. The normalized spacial score (nSPS) is 11.8. The average Bonchev–Trinajstić information content (AvgIpc) is 3.28. The molecule has 10 heteroatoms. The first-order chi connectivity index (χ1) is 17.0. The predicted octanol–water partition coefficient (Wildman–Crippen LogP) is 2.83. The van der Waals surface area contributed by atoms with E-state index < -0.39 is 0 Å². The average molecular weight is 492 g/mol. The molecule has 0 bridgehead atoms. The molecule has 182 valence electrons. The van der Waals surface area contributed by atoms with Gasteiger partial charge in [0.2, 0.25) is 16.9 Å². The van der Waals surface area contributed by atoms with Crippen LogP contribution in [0.25, 0.3) is 0 Å². The molecule has 0 saturated carbocycles. The van der Waals surface area contributed by atoms with Gasteiger partial charge in [0.25, 0.3) is 0 Å². The second-order valence-electron chi connectivity index (χ2n) is 7.87. The summed E-state index contributed by atoms with van der Waals surface area (Å²) < 4.78 is 0. The van der Waals surface area contributed by atoms with Crippen LogP contribution in [0.3, 0.4) is 0 Å². The minimum Gasteiger partial charge on any atom is -0.402 e. The van der Waals surface area contributed by atoms with Gasteiger partial charge in [-0.1, -0.05) is 47.7 Å². The highest BCUT2D eigenvalue weighted by atomic mass is 32.1. The molecule has 0 radical (unpaired) electrons. The number of pyridine rings is 1. The fraction of sp³-hybridized carbons (Fsp3) is 0.240. The fourth-order valence-corrected chi connectivity index (χ4v) is 3.97. The van der Waals surface area contributed by atoms with Crippen LogP contribution < -0.4 is 22.1 Å². The zero-order chi connectivity index (χ0) is 24.9. The fourth-order valence-electron chi connectivity index (χ4n) is 3.17. The Morgan fingerprint density at radius 1 is 0.914 bits per heavy atom. The Morgan fingerprint density at radius 2 is 1.69 bits per heavy atom.